The van der Waals surface area contributed by atoms with Gasteiger partial charge >= 0.3 is 0 Å². The standard InChI is InChI=1S/C8H12BrN3S/c1-12-3-7(10-11-12)2-6-4-13-5-8(6)9/h3,6,8H,2,4-5H2,1H3. The third-order valence-electron chi connectivity index (χ3n) is 2.24. The second kappa shape index (κ2) is 4.00. The Morgan fingerprint density at radius 3 is 3.08 bits per heavy atom. The van der Waals surface area contributed by atoms with Crippen LogP contribution in [0.25, 0.3) is 0 Å². The highest BCUT2D eigenvalue weighted by atomic mass is 79.9. The Morgan fingerprint density at radius 2 is 2.54 bits per heavy atom. The van der Waals surface area contributed by atoms with Crippen molar-refractivity contribution in [3.05, 3.63) is 11.9 Å². The lowest BCUT2D eigenvalue weighted by atomic mass is 10.0. The van der Waals surface area contributed by atoms with Gasteiger partial charge in [-0.15, -0.1) is 5.10 Å². The van der Waals surface area contributed by atoms with Crippen molar-refractivity contribution in [3.8, 4) is 0 Å². The van der Waals surface area contributed by atoms with Crippen LogP contribution in [0.2, 0.25) is 0 Å². The van der Waals surface area contributed by atoms with E-state index in [2.05, 4.69) is 26.2 Å². The summed E-state index contributed by atoms with van der Waals surface area (Å²) in [6.45, 7) is 0. The summed E-state index contributed by atoms with van der Waals surface area (Å²) in [5.74, 6) is 3.19. The Bertz CT molecular complexity index is 289. The molecular formula is C8H12BrN3S. The monoisotopic (exact) mass is 261 g/mol. The number of rotatable bonds is 2. The molecule has 0 spiro atoms. The molecule has 0 radical (unpaired) electrons. The maximum absolute atomic E-state index is 4.10. The first-order valence-corrected chi connectivity index (χ1v) is 6.40. The molecule has 1 aromatic heterocycles. The largest absolute Gasteiger partial charge is 0.255 e. The van der Waals surface area contributed by atoms with Gasteiger partial charge in [0.05, 0.1) is 5.69 Å². The number of thioether (sulfide) groups is 1. The van der Waals surface area contributed by atoms with Crippen LogP contribution in [0.1, 0.15) is 5.69 Å². The fraction of sp³-hybridized carbons (Fsp3) is 0.750. The normalized spacial score (nSPS) is 28.2. The van der Waals surface area contributed by atoms with Gasteiger partial charge in [-0.05, 0) is 18.1 Å². The second-order valence-electron chi connectivity index (χ2n) is 3.40. The van der Waals surface area contributed by atoms with Gasteiger partial charge < -0.3 is 0 Å². The highest BCUT2D eigenvalue weighted by Crippen LogP contribution is 2.31. The zero-order valence-electron chi connectivity index (χ0n) is 7.48. The summed E-state index contributed by atoms with van der Waals surface area (Å²) in [7, 11) is 1.91. The molecule has 0 saturated carbocycles. The minimum absolute atomic E-state index is 0.652. The molecule has 0 amide bonds. The fourth-order valence-electron chi connectivity index (χ4n) is 1.52. The van der Waals surface area contributed by atoms with Gasteiger partial charge in [-0.3, -0.25) is 4.68 Å². The van der Waals surface area contributed by atoms with E-state index in [0.717, 1.165) is 18.0 Å². The average Bonchev–Trinajstić information content (AvgIpc) is 2.64. The van der Waals surface area contributed by atoms with E-state index < -0.39 is 0 Å². The molecule has 0 aliphatic carbocycles. The molecule has 2 atom stereocenters. The number of nitrogens with zero attached hydrogens (tertiary/aromatic N) is 3. The van der Waals surface area contributed by atoms with E-state index in [4.69, 9.17) is 0 Å². The number of alkyl halides is 1. The van der Waals surface area contributed by atoms with Gasteiger partial charge in [0.15, 0.2) is 0 Å². The van der Waals surface area contributed by atoms with Gasteiger partial charge in [-0.25, -0.2) is 0 Å². The van der Waals surface area contributed by atoms with Gasteiger partial charge in [0.25, 0.3) is 0 Å². The molecule has 0 bridgehead atoms. The Labute approximate surface area is 90.4 Å². The molecule has 1 aliphatic heterocycles. The Kier molecular flexibility index (Phi) is 2.93. The topological polar surface area (TPSA) is 30.7 Å². The molecule has 1 saturated heterocycles. The molecule has 13 heavy (non-hydrogen) atoms. The zero-order chi connectivity index (χ0) is 9.26. The molecule has 0 aromatic carbocycles. The minimum Gasteiger partial charge on any atom is -0.255 e. The predicted molar refractivity (Wildman–Crippen MR) is 58.2 cm³/mol. The van der Waals surface area contributed by atoms with Crippen molar-refractivity contribution >= 4 is 27.7 Å². The smallest absolute Gasteiger partial charge is 0.0830 e. The highest BCUT2D eigenvalue weighted by molar-refractivity contribution is 9.09. The van der Waals surface area contributed by atoms with Gasteiger partial charge in [-0.1, -0.05) is 21.1 Å². The quantitative estimate of drug-likeness (QED) is 0.756. The van der Waals surface area contributed by atoms with Crippen molar-refractivity contribution in [2.45, 2.75) is 11.2 Å². The van der Waals surface area contributed by atoms with Gasteiger partial charge in [-0.2, -0.15) is 11.8 Å². The number of hydrogen-bond acceptors (Lipinski definition) is 3. The van der Waals surface area contributed by atoms with Crippen LogP contribution in [0.3, 0.4) is 0 Å². The first kappa shape index (κ1) is 9.52. The summed E-state index contributed by atoms with van der Waals surface area (Å²) in [6.07, 6.45) is 3.06. The zero-order valence-corrected chi connectivity index (χ0v) is 9.88. The second-order valence-corrected chi connectivity index (χ2v) is 5.65. The van der Waals surface area contributed by atoms with E-state index in [1.165, 1.54) is 11.5 Å². The number of hydrogen-bond donors (Lipinski definition) is 0. The summed E-state index contributed by atoms with van der Waals surface area (Å²) < 4.78 is 1.76. The van der Waals surface area contributed by atoms with E-state index in [9.17, 15) is 0 Å². The van der Waals surface area contributed by atoms with Crippen LogP contribution in [-0.2, 0) is 13.5 Å². The van der Waals surface area contributed by atoms with Gasteiger partial charge in [0.2, 0.25) is 0 Å². The van der Waals surface area contributed by atoms with E-state index >= 15 is 0 Å². The molecule has 3 nitrogen and oxygen atoms in total. The minimum atomic E-state index is 0.652. The van der Waals surface area contributed by atoms with Crippen molar-refractivity contribution in [1.29, 1.82) is 0 Å². The SMILES string of the molecule is Cn1cc(CC2CSCC2Br)nn1. The van der Waals surface area contributed by atoms with Gasteiger partial charge in [0, 0.05) is 23.8 Å². The van der Waals surface area contributed by atoms with Crippen molar-refractivity contribution in [2.75, 3.05) is 11.5 Å². The van der Waals surface area contributed by atoms with Crippen LogP contribution in [0.5, 0.6) is 0 Å². The van der Waals surface area contributed by atoms with Gasteiger partial charge in [0.1, 0.15) is 0 Å². The van der Waals surface area contributed by atoms with E-state index in [-0.39, 0.29) is 0 Å². The molecule has 1 aliphatic rings. The van der Waals surface area contributed by atoms with E-state index in [1.807, 2.05) is 25.0 Å². The lowest BCUT2D eigenvalue weighted by Crippen LogP contribution is -2.14. The summed E-state index contributed by atoms with van der Waals surface area (Å²) in [5.41, 5.74) is 1.11. The van der Waals surface area contributed by atoms with E-state index in [0.29, 0.717) is 4.83 Å². The third kappa shape index (κ3) is 2.26. The fourth-order valence-corrected chi connectivity index (χ4v) is 3.99. The highest BCUT2D eigenvalue weighted by Gasteiger charge is 2.26. The van der Waals surface area contributed by atoms with Crippen molar-refractivity contribution in [1.82, 2.24) is 15.0 Å². The number of aromatic nitrogens is 3. The summed E-state index contributed by atoms with van der Waals surface area (Å²) in [5, 5.41) is 8.02. The molecule has 1 aromatic rings. The first-order chi connectivity index (χ1) is 6.25. The third-order valence-corrected chi connectivity index (χ3v) is 5.00. The Hall–Kier alpha value is -0.0300. The molecule has 5 heteroatoms. The van der Waals surface area contributed by atoms with Crippen LogP contribution < -0.4 is 0 Å². The first-order valence-electron chi connectivity index (χ1n) is 4.32. The Balaban J connectivity index is 1.97. The molecule has 1 fully saturated rings. The maximum Gasteiger partial charge on any atom is 0.0830 e. The van der Waals surface area contributed by atoms with Crippen molar-refractivity contribution in [3.63, 3.8) is 0 Å². The van der Waals surface area contributed by atoms with Crippen LogP contribution in [0.15, 0.2) is 6.20 Å². The number of halogens is 1. The molecule has 2 heterocycles. The number of aryl methyl sites for hydroxylation is 1. The summed E-state index contributed by atoms with van der Waals surface area (Å²) in [6, 6.07) is 0. The summed E-state index contributed by atoms with van der Waals surface area (Å²) >= 11 is 5.71. The summed E-state index contributed by atoms with van der Waals surface area (Å²) in [4.78, 5) is 0.652. The van der Waals surface area contributed by atoms with Crippen LogP contribution >= 0.6 is 27.7 Å². The van der Waals surface area contributed by atoms with Crippen molar-refractivity contribution < 1.29 is 0 Å². The maximum atomic E-state index is 4.10. The molecule has 2 rings (SSSR count). The lowest BCUT2D eigenvalue weighted by molar-refractivity contribution is 0.605. The molecule has 2 unspecified atom stereocenters. The molecule has 72 valence electrons. The predicted octanol–water partition coefficient (Wildman–Crippen LogP) is 1.48. The van der Waals surface area contributed by atoms with Crippen LogP contribution in [0, 0.1) is 5.92 Å². The molecule has 0 N–H and O–H groups in total. The van der Waals surface area contributed by atoms with Crippen LogP contribution in [-0.4, -0.2) is 31.3 Å². The van der Waals surface area contributed by atoms with Crippen LogP contribution in [0.4, 0.5) is 0 Å². The lowest BCUT2D eigenvalue weighted by Gasteiger charge is -2.09. The Morgan fingerprint density at radius 1 is 1.69 bits per heavy atom. The van der Waals surface area contributed by atoms with Crippen molar-refractivity contribution in [2.24, 2.45) is 13.0 Å². The average molecular weight is 262 g/mol. The molecular weight excluding hydrogens is 250 g/mol. The van der Waals surface area contributed by atoms with E-state index in [1.54, 1.807) is 4.68 Å².